The summed E-state index contributed by atoms with van der Waals surface area (Å²) in [7, 11) is 1.46. The van der Waals surface area contributed by atoms with Gasteiger partial charge in [-0.2, -0.15) is 5.10 Å². The lowest BCUT2D eigenvalue weighted by Gasteiger charge is -2.10. The lowest BCUT2D eigenvalue weighted by Crippen LogP contribution is -2.19. The number of esters is 1. The lowest BCUT2D eigenvalue weighted by molar-refractivity contribution is -0.394. The molecule has 0 spiro atoms. The second kappa shape index (κ2) is 7.59. The summed E-state index contributed by atoms with van der Waals surface area (Å²) < 4.78 is 6.07. The smallest absolute Gasteiger partial charge is 0.343 e. The monoisotopic (exact) mass is 377 g/mol. The van der Waals surface area contributed by atoms with Crippen molar-refractivity contribution in [1.82, 2.24) is 9.78 Å². The second-order valence-electron chi connectivity index (χ2n) is 5.36. The molecule has 12 nitrogen and oxygen atoms in total. The average Bonchev–Trinajstić information content (AvgIpc) is 2.95. The van der Waals surface area contributed by atoms with Gasteiger partial charge in [0, 0.05) is 18.7 Å². The maximum Gasteiger partial charge on any atom is 0.343 e. The molecule has 0 aliphatic rings. The fourth-order valence-corrected chi connectivity index (χ4v) is 2.33. The quantitative estimate of drug-likeness (QED) is 0.454. The van der Waals surface area contributed by atoms with Crippen LogP contribution in [0.4, 0.5) is 17.2 Å². The molecule has 1 aromatic heterocycles. The zero-order chi connectivity index (χ0) is 20.3. The van der Waals surface area contributed by atoms with Crippen molar-refractivity contribution in [2.75, 3.05) is 11.9 Å². The molecule has 1 amide bonds. The SMILES string of the molecule is CCOC(=O)c1cnn(C)c1NC(=O)c1cc([N+](=O)[O-])cc([N+](=O)[O-])c1C. The van der Waals surface area contributed by atoms with Gasteiger partial charge < -0.3 is 10.1 Å². The molecular formula is C15H15N5O7. The Kier molecular flexibility index (Phi) is 5.48. The molecule has 12 heteroatoms. The number of amides is 1. The summed E-state index contributed by atoms with van der Waals surface area (Å²) in [5.74, 6) is -1.59. The molecule has 0 bridgehead atoms. The number of anilines is 1. The van der Waals surface area contributed by atoms with E-state index in [0.29, 0.717) is 0 Å². The first-order valence-electron chi connectivity index (χ1n) is 7.61. The molecule has 142 valence electrons. The molecule has 2 aromatic rings. The van der Waals surface area contributed by atoms with Gasteiger partial charge in [0.25, 0.3) is 17.3 Å². The molecule has 1 N–H and O–H groups in total. The molecule has 0 fully saturated rings. The van der Waals surface area contributed by atoms with Crippen molar-refractivity contribution < 1.29 is 24.2 Å². The Bertz CT molecular complexity index is 950. The van der Waals surface area contributed by atoms with Crippen LogP contribution < -0.4 is 5.32 Å². The van der Waals surface area contributed by atoms with Gasteiger partial charge in [-0.15, -0.1) is 0 Å². The first-order valence-corrected chi connectivity index (χ1v) is 7.61. The fourth-order valence-electron chi connectivity index (χ4n) is 2.33. The van der Waals surface area contributed by atoms with E-state index < -0.39 is 33.1 Å². The van der Waals surface area contributed by atoms with Crippen LogP contribution in [0, 0.1) is 27.2 Å². The van der Waals surface area contributed by atoms with E-state index in [1.54, 1.807) is 6.92 Å². The van der Waals surface area contributed by atoms with Crippen molar-refractivity contribution >= 4 is 29.1 Å². The van der Waals surface area contributed by atoms with Crippen LogP contribution in [0.25, 0.3) is 0 Å². The average molecular weight is 377 g/mol. The van der Waals surface area contributed by atoms with Crippen molar-refractivity contribution in [2.24, 2.45) is 7.05 Å². The van der Waals surface area contributed by atoms with Gasteiger partial charge in [0.2, 0.25) is 0 Å². The van der Waals surface area contributed by atoms with Crippen LogP contribution >= 0.6 is 0 Å². The Hall–Kier alpha value is -3.83. The number of nitrogens with one attached hydrogen (secondary N) is 1. The molecule has 0 aliphatic carbocycles. The highest BCUT2D eigenvalue weighted by Gasteiger charge is 2.26. The topological polar surface area (TPSA) is 160 Å². The number of rotatable bonds is 6. The highest BCUT2D eigenvalue weighted by atomic mass is 16.6. The molecule has 0 unspecified atom stereocenters. The minimum atomic E-state index is -0.867. The van der Waals surface area contributed by atoms with Crippen molar-refractivity contribution in [2.45, 2.75) is 13.8 Å². The van der Waals surface area contributed by atoms with Crippen LogP contribution in [0.2, 0.25) is 0 Å². The van der Waals surface area contributed by atoms with E-state index in [-0.39, 0.29) is 29.1 Å². The highest BCUT2D eigenvalue weighted by molar-refractivity contribution is 6.08. The highest BCUT2D eigenvalue weighted by Crippen LogP contribution is 2.29. The third-order valence-corrected chi connectivity index (χ3v) is 3.68. The van der Waals surface area contributed by atoms with Gasteiger partial charge in [-0.05, 0) is 13.8 Å². The Morgan fingerprint density at radius 1 is 1.22 bits per heavy atom. The van der Waals surface area contributed by atoms with Gasteiger partial charge >= 0.3 is 5.97 Å². The summed E-state index contributed by atoms with van der Waals surface area (Å²) in [5, 5.41) is 28.4. The summed E-state index contributed by atoms with van der Waals surface area (Å²) in [6.07, 6.45) is 1.19. The third-order valence-electron chi connectivity index (χ3n) is 3.68. The second-order valence-corrected chi connectivity index (χ2v) is 5.36. The summed E-state index contributed by atoms with van der Waals surface area (Å²) in [6, 6.07) is 1.71. The van der Waals surface area contributed by atoms with Crippen LogP contribution in [0.1, 0.15) is 33.2 Å². The minimum Gasteiger partial charge on any atom is -0.462 e. The predicted molar refractivity (Wildman–Crippen MR) is 91.6 cm³/mol. The number of nitrogens with zero attached hydrogens (tertiary/aromatic N) is 4. The van der Waals surface area contributed by atoms with Crippen LogP contribution in [-0.4, -0.2) is 38.1 Å². The van der Waals surface area contributed by atoms with E-state index in [4.69, 9.17) is 4.74 Å². The van der Waals surface area contributed by atoms with Crippen LogP contribution in [0.15, 0.2) is 18.3 Å². The van der Waals surface area contributed by atoms with Gasteiger partial charge in [-0.1, -0.05) is 0 Å². The predicted octanol–water partition coefficient (Wildman–Crippen LogP) is 1.97. The first-order chi connectivity index (χ1) is 12.7. The molecule has 27 heavy (non-hydrogen) atoms. The van der Waals surface area contributed by atoms with Crippen molar-refractivity contribution in [3.8, 4) is 0 Å². The Labute approximate surface area is 152 Å². The number of aromatic nitrogens is 2. The molecular weight excluding hydrogens is 362 g/mol. The summed E-state index contributed by atoms with van der Waals surface area (Å²) in [4.78, 5) is 45.1. The maximum absolute atomic E-state index is 12.6. The Balaban J connectivity index is 2.48. The Morgan fingerprint density at radius 2 is 1.89 bits per heavy atom. The minimum absolute atomic E-state index is 0.00740. The van der Waals surface area contributed by atoms with Gasteiger partial charge in [0.1, 0.15) is 11.4 Å². The number of nitro groups is 2. The summed E-state index contributed by atoms with van der Waals surface area (Å²) in [6.45, 7) is 3.02. The van der Waals surface area contributed by atoms with Crippen LogP contribution in [0.5, 0.6) is 0 Å². The van der Waals surface area contributed by atoms with Crippen LogP contribution in [-0.2, 0) is 11.8 Å². The van der Waals surface area contributed by atoms with E-state index in [2.05, 4.69) is 10.4 Å². The standard InChI is InChI=1S/C15H15N5O7/c1-4-27-15(22)11-7-16-18(3)13(11)17-14(21)10-5-9(19(23)24)6-12(8(10)2)20(25)26/h5-7H,4H2,1-3H3,(H,17,21). The number of hydrogen-bond acceptors (Lipinski definition) is 8. The van der Waals surface area contributed by atoms with Crippen molar-refractivity contribution in [1.29, 1.82) is 0 Å². The molecule has 1 heterocycles. The number of nitro benzene ring substituents is 2. The van der Waals surface area contributed by atoms with Crippen molar-refractivity contribution in [3.63, 3.8) is 0 Å². The number of benzene rings is 1. The van der Waals surface area contributed by atoms with Crippen LogP contribution in [0.3, 0.4) is 0 Å². The maximum atomic E-state index is 12.6. The largest absolute Gasteiger partial charge is 0.462 e. The van der Waals surface area contributed by atoms with Gasteiger partial charge in [0.15, 0.2) is 0 Å². The normalized spacial score (nSPS) is 10.3. The third kappa shape index (κ3) is 3.89. The number of hydrogen-bond donors (Lipinski definition) is 1. The van der Waals surface area contributed by atoms with E-state index in [1.807, 2.05) is 0 Å². The molecule has 0 saturated heterocycles. The zero-order valence-corrected chi connectivity index (χ0v) is 14.6. The molecule has 1 aromatic carbocycles. The molecule has 0 radical (unpaired) electrons. The molecule has 2 rings (SSSR count). The molecule has 0 atom stereocenters. The zero-order valence-electron chi connectivity index (χ0n) is 14.6. The van der Waals surface area contributed by atoms with Gasteiger partial charge in [-0.3, -0.25) is 29.7 Å². The van der Waals surface area contributed by atoms with Gasteiger partial charge in [0.05, 0.1) is 34.3 Å². The van der Waals surface area contributed by atoms with E-state index in [1.165, 1.54) is 24.9 Å². The Morgan fingerprint density at radius 3 is 2.44 bits per heavy atom. The number of carbonyl (C=O) groups excluding carboxylic acids is 2. The summed E-state index contributed by atoms with van der Waals surface area (Å²) >= 11 is 0. The number of non-ortho nitro benzene ring substituents is 1. The van der Waals surface area contributed by atoms with E-state index in [0.717, 1.165) is 12.1 Å². The van der Waals surface area contributed by atoms with E-state index in [9.17, 15) is 29.8 Å². The number of carbonyl (C=O) groups is 2. The first kappa shape index (κ1) is 19.5. The van der Waals surface area contributed by atoms with Gasteiger partial charge in [-0.25, -0.2) is 4.79 Å². The molecule has 0 saturated carbocycles. The van der Waals surface area contributed by atoms with Crippen molar-refractivity contribution in [3.05, 3.63) is 55.2 Å². The number of aryl methyl sites for hydroxylation is 1. The molecule has 0 aliphatic heterocycles. The fraction of sp³-hybridized carbons (Fsp3) is 0.267. The number of ether oxygens (including phenoxy) is 1. The summed E-state index contributed by atoms with van der Waals surface area (Å²) in [5.41, 5.74) is -1.52. The lowest BCUT2D eigenvalue weighted by atomic mass is 10.0. The van der Waals surface area contributed by atoms with E-state index >= 15 is 0 Å².